The third-order valence-corrected chi connectivity index (χ3v) is 4.33. The Kier molecular flexibility index (Phi) is 4.05. The van der Waals surface area contributed by atoms with Gasteiger partial charge in [0.15, 0.2) is 0 Å². The van der Waals surface area contributed by atoms with Crippen molar-refractivity contribution < 1.29 is 4.79 Å². The van der Waals surface area contributed by atoms with Crippen molar-refractivity contribution >= 4 is 5.91 Å². The van der Waals surface area contributed by atoms with Crippen LogP contribution in [0, 0.1) is 5.92 Å². The molecule has 98 valence electrons. The highest BCUT2D eigenvalue weighted by Gasteiger charge is 2.33. The molecule has 0 radical (unpaired) electrons. The second kappa shape index (κ2) is 5.36. The predicted octanol–water partition coefficient (Wildman–Crippen LogP) is 0.666. The zero-order valence-corrected chi connectivity index (χ0v) is 11.1. The molecule has 1 saturated carbocycles. The smallest absolute Gasteiger partial charge is 0.225 e. The highest BCUT2D eigenvalue weighted by Crippen LogP contribution is 2.26. The number of rotatable bonds is 2. The number of nitrogens with zero attached hydrogens (tertiary/aromatic N) is 2. The average molecular weight is 239 g/mol. The van der Waals surface area contributed by atoms with Crippen LogP contribution in [-0.4, -0.2) is 55.0 Å². The number of carbonyl (C=O) groups is 1. The number of likely N-dealkylation sites (N-methyl/N-ethyl adjacent to an activating group) is 1. The van der Waals surface area contributed by atoms with Crippen molar-refractivity contribution in [3.63, 3.8) is 0 Å². The molecule has 0 aromatic carbocycles. The van der Waals surface area contributed by atoms with Crippen LogP contribution in [-0.2, 0) is 4.79 Å². The molecule has 1 aliphatic heterocycles. The summed E-state index contributed by atoms with van der Waals surface area (Å²) in [5.74, 6) is 0.622. The molecule has 0 aromatic heterocycles. The minimum absolute atomic E-state index is 0.246. The second-order valence-electron chi connectivity index (χ2n) is 5.80. The Morgan fingerprint density at radius 3 is 2.35 bits per heavy atom. The van der Waals surface area contributed by atoms with Crippen molar-refractivity contribution in [3.05, 3.63) is 0 Å². The van der Waals surface area contributed by atoms with Gasteiger partial charge < -0.3 is 15.5 Å². The van der Waals surface area contributed by atoms with E-state index in [1.165, 1.54) is 0 Å². The van der Waals surface area contributed by atoms with Crippen molar-refractivity contribution in [3.8, 4) is 0 Å². The lowest BCUT2D eigenvalue weighted by molar-refractivity contribution is -0.135. The van der Waals surface area contributed by atoms with E-state index >= 15 is 0 Å². The van der Waals surface area contributed by atoms with Gasteiger partial charge in [-0.15, -0.1) is 0 Å². The van der Waals surface area contributed by atoms with Crippen LogP contribution in [0.25, 0.3) is 0 Å². The summed E-state index contributed by atoms with van der Waals surface area (Å²) in [7, 11) is 4.19. The van der Waals surface area contributed by atoms with E-state index in [9.17, 15) is 4.79 Å². The van der Waals surface area contributed by atoms with Crippen molar-refractivity contribution in [2.45, 2.75) is 44.2 Å². The lowest BCUT2D eigenvalue weighted by Gasteiger charge is -2.29. The van der Waals surface area contributed by atoms with Crippen LogP contribution < -0.4 is 5.73 Å². The summed E-state index contributed by atoms with van der Waals surface area (Å²) in [4.78, 5) is 16.6. The monoisotopic (exact) mass is 239 g/mol. The van der Waals surface area contributed by atoms with E-state index in [2.05, 4.69) is 23.9 Å². The van der Waals surface area contributed by atoms with Crippen LogP contribution in [0.4, 0.5) is 0 Å². The fourth-order valence-electron chi connectivity index (χ4n) is 2.99. The maximum atomic E-state index is 12.3. The Morgan fingerprint density at radius 2 is 1.82 bits per heavy atom. The molecule has 4 heteroatoms. The van der Waals surface area contributed by atoms with E-state index in [1.54, 1.807) is 0 Å². The van der Waals surface area contributed by atoms with Gasteiger partial charge in [-0.25, -0.2) is 0 Å². The van der Waals surface area contributed by atoms with E-state index in [4.69, 9.17) is 5.73 Å². The van der Waals surface area contributed by atoms with Gasteiger partial charge in [0.1, 0.15) is 0 Å². The molecule has 1 saturated heterocycles. The van der Waals surface area contributed by atoms with Crippen molar-refractivity contribution in [2.75, 3.05) is 27.2 Å². The van der Waals surface area contributed by atoms with E-state index in [1.807, 2.05) is 0 Å². The summed E-state index contributed by atoms with van der Waals surface area (Å²) in [5.41, 5.74) is 5.88. The van der Waals surface area contributed by atoms with Crippen LogP contribution in [0.2, 0.25) is 0 Å². The van der Waals surface area contributed by atoms with Gasteiger partial charge in [0.2, 0.25) is 5.91 Å². The molecule has 2 fully saturated rings. The van der Waals surface area contributed by atoms with Crippen LogP contribution in [0.1, 0.15) is 32.1 Å². The molecule has 0 bridgehead atoms. The third kappa shape index (κ3) is 2.99. The summed E-state index contributed by atoms with van der Waals surface area (Å²) < 4.78 is 0. The SMILES string of the molecule is CN(C)C1CCN(C(=O)C2CCC(N)CC2)C1. The first-order valence-electron chi connectivity index (χ1n) is 6.78. The Balaban J connectivity index is 1.84. The highest BCUT2D eigenvalue weighted by atomic mass is 16.2. The van der Waals surface area contributed by atoms with Gasteiger partial charge in [-0.1, -0.05) is 0 Å². The predicted molar refractivity (Wildman–Crippen MR) is 68.6 cm³/mol. The number of nitrogens with two attached hydrogens (primary N) is 1. The molecule has 2 rings (SSSR count). The second-order valence-corrected chi connectivity index (χ2v) is 5.80. The quantitative estimate of drug-likeness (QED) is 0.770. The molecular weight excluding hydrogens is 214 g/mol. The molecule has 1 unspecified atom stereocenters. The van der Waals surface area contributed by atoms with Gasteiger partial charge in [0.25, 0.3) is 0 Å². The number of likely N-dealkylation sites (tertiary alicyclic amines) is 1. The highest BCUT2D eigenvalue weighted by molar-refractivity contribution is 5.79. The summed E-state index contributed by atoms with van der Waals surface area (Å²) in [6, 6.07) is 0.872. The molecule has 0 aromatic rings. The summed E-state index contributed by atoms with van der Waals surface area (Å²) >= 11 is 0. The minimum Gasteiger partial charge on any atom is -0.341 e. The number of carbonyl (C=O) groups excluding carboxylic acids is 1. The molecule has 1 atom stereocenters. The Morgan fingerprint density at radius 1 is 1.18 bits per heavy atom. The number of hydrogen-bond donors (Lipinski definition) is 1. The molecule has 2 aliphatic rings. The fourth-order valence-corrected chi connectivity index (χ4v) is 2.99. The molecule has 1 heterocycles. The van der Waals surface area contributed by atoms with Crippen molar-refractivity contribution in [2.24, 2.45) is 11.7 Å². The van der Waals surface area contributed by atoms with Crippen LogP contribution in [0.3, 0.4) is 0 Å². The minimum atomic E-state index is 0.246. The van der Waals surface area contributed by atoms with Crippen molar-refractivity contribution in [1.82, 2.24) is 9.80 Å². The van der Waals surface area contributed by atoms with E-state index in [-0.39, 0.29) is 5.92 Å². The summed E-state index contributed by atoms with van der Waals surface area (Å²) in [5, 5.41) is 0. The first kappa shape index (κ1) is 12.8. The van der Waals surface area contributed by atoms with Crippen LogP contribution >= 0.6 is 0 Å². The van der Waals surface area contributed by atoms with E-state index in [0.29, 0.717) is 18.0 Å². The molecule has 1 aliphatic carbocycles. The Hall–Kier alpha value is -0.610. The maximum absolute atomic E-state index is 12.3. The molecule has 17 heavy (non-hydrogen) atoms. The zero-order valence-electron chi connectivity index (χ0n) is 11.1. The molecular formula is C13H25N3O. The Labute approximate surface area is 104 Å². The topological polar surface area (TPSA) is 49.6 Å². The van der Waals surface area contributed by atoms with Crippen molar-refractivity contribution in [1.29, 1.82) is 0 Å². The summed E-state index contributed by atoms with van der Waals surface area (Å²) in [6.07, 6.45) is 5.12. The van der Waals surface area contributed by atoms with E-state index < -0.39 is 0 Å². The third-order valence-electron chi connectivity index (χ3n) is 4.33. The number of hydrogen-bond acceptors (Lipinski definition) is 3. The average Bonchev–Trinajstić information content (AvgIpc) is 2.78. The van der Waals surface area contributed by atoms with Gasteiger partial charge in [0, 0.05) is 31.1 Å². The van der Waals surface area contributed by atoms with Gasteiger partial charge in [-0.05, 0) is 46.2 Å². The van der Waals surface area contributed by atoms with Gasteiger partial charge >= 0.3 is 0 Å². The van der Waals surface area contributed by atoms with E-state index in [0.717, 1.165) is 45.2 Å². The van der Waals surface area contributed by atoms with Gasteiger partial charge in [-0.3, -0.25) is 4.79 Å². The number of amides is 1. The Bertz CT molecular complexity index is 272. The lowest BCUT2D eigenvalue weighted by Crippen LogP contribution is -2.40. The normalized spacial score (nSPS) is 34.4. The first-order valence-corrected chi connectivity index (χ1v) is 6.78. The molecule has 2 N–H and O–H groups in total. The lowest BCUT2D eigenvalue weighted by atomic mass is 9.85. The largest absolute Gasteiger partial charge is 0.341 e. The molecule has 1 amide bonds. The molecule has 4 nitrogen and oxygen atoms in total. The zero-order chi connectivity index (χ0) is 12.4. The van der Waals surface area contributed by atoms with Crippen LogP contribution in [0.15, 0.2) is 0 Å². The van der Waals surface area contributed by atoms with Crippen LogP contribution in [0.5, 0.6) is 0 Å². The van der Waals surface area contributed by atoms with Gasteiger partial charge in [0.05, 0.1) is 0 Å². The summed E-state index contributed by atoms with van der Waals surface area (Å²) in [6.45, 7) is 1.85. The fraction of sp³-hybridized carbons (Fsp3) is 0.923. The first-order chi connectivity index (χ1) is 8.08. The standard InChI is InChI=1S/C13H25N3O/c1-15(2)12-7-8-16(9-12)13(17)10-3-5-11(14)6-4-10/h10-12H,3-9,14H2,1-2H3. The molecule has 0 spiro atoms. The van der Waals surface area contributed by atoms with Gasteiger partial charge in [-0.2, -0.15) is 0 Å². The maximum Gasteiger partial charge on any atom is 0.225 e.